The molecule has 11 atom stereocenters. The molecule has 5 aliphatic rings. The molecule has 2 amide bonds. The fourth-order valence-corrected chi connectivity index (χ4v) is 9.38. The molecule has 3 saturated carbocycles. The Morgan fingerprint density at radius 1 is 1.19 bits per heavy atom. The van der Waals surface area contributed by atoms with Crippen molar-refractivity contribution in [2.24, 2.45) is 45.8 Å². The van der Waals surface area contributed by atoms with Crippen LogP contribution in [0.1, 0.15) is 79.6 Å². The van der Waals surface area contributed by atoms with Crippen LogP contribution in [0.15, 0.2) is 12.2 Å². The molecule has 2 heterocycles. The standard InChI is InChI=1S/C30H46N2O5/c1-6-7-11-28(4)15-23(37-27(36)31-26(35)21-17-32-14-10-20(21)16-32)29(5)18(2)8-12-30(19(3)25(28)34)13-9-22(33)24(29)30/h6-7,18-21,23-25,34H,8-17H2,1-5H3,(H,31,35,36)/t18-,19+,20-,21+,23-,24?,25+,28-,29+,30?/m1/s1. The molecule has 0 aromatic heterocycles. The van der Waals surface area contributed by atoms with Gasteiger partial charge in [0.2, 0.25) is 5.91 Å². The van der Waals surface area contributed by atoms with Crippen LogP contribution >= 0.6 is 0 Å². The number of ether oxygens (including phenoxy) is 1. The monoisotopic (exact) mass is 514 g/mol. The predicted molar refractivity (Wildman–Crippen MR) is 140 cm³/mol. The molecule has 37 heavy (non-hydrogen) atoms. The summed E-state index contributed by atoms with van der Waals surface area (Å²) in [6.45, 7) is 13.2. The molecule has 0 aromatic carbocycles. The molecular weight excluding hydrogens is 468 g/mol. The molecular formula is C30H46N2O5. The molecule has 4 bridgehead atoms. The van der Waals surface area contributed by atoms with E-state index in [1.165, 1.54) is 0 Å². The van der Waals surface area contributed by atoms with E-state index >= 15 is 0 Å². The number of hydrogen-bond donors (Lipinski definition) is 2. The lowest BCUT2D eigenvalue weighted by atomic mass is 9.43. The topological polar surface area (TPSA) is 95.9 Å². The van der Waals surface area contributed by atoms with Gasteiger partial charge in [0.1, 0.15) is 11.9 Å². The summed E-state index contributed by atoms with van der Waals surface area (Å²) in [5.41, 5.74) is -1.38. The van der Waals surface area contributed by atoms with Crippen molar-refractivity contribution >= 4 is 17.8 Å². The number of carbonyl (C=O) groups excluding carboxylic acids is 3. The van der Waals surface area contributed by atoms with Gasteiger partial charge in [-0.15, -0.1) is 0 Å². The number of fused-ring (bicyclic) bond motifs is 2. The average Bonchev–Trinajstić information content (AvgIpc) is 3.59. The Bertz CT molecular complexity index is 981. The lowest BCUT2D eigenvalue weighted by molar-refractivity contribution is -0.197. The average molecular weight is 515 g/mol. The summed E-state index contributed by atoms with van der Waals surface area (Å²) in [6.07, 6.45) is 7.42. The number of carbonyl (C=O) groups is 3. The highest BCUT2D eigenvalue weighted by atomic mass is 16.6. The third kappa shape index (κ3) is 4.10. The van der Waals surface area contributed by atoms with Crippen LogP contribution in [0.5, 0.6) is 0 Å². The minimum absolute atomic E-state index is 0.0322. The van der Waals surface area contributed by atoms with Crippen molar-refractivity contribution in [2.75, 3.05) is 19.6 Å². The second-order valence-corrected chi connectivity index (χ2v) is 13.6. The van der Waals surface area contributed by atoms with E-state index in [0.29, 0.717) is 31.7 Å². The summed E-state index contributed by atoms with van der Waals surface area (Å²) in [5, 5.41) is 14.4. The van der Waals surface area contributed by atoms with Crippen molar-refractivity contribution in [3.05, 3.63) is 12.2 Å². The Kier molecular flexibility index (Phi) is 6.88. The summed E-state index contributed by atoms with van der Waals surface area (Å²) < 4.78 is 6.24. The van der Waals surface area contributed by atoms with Gasteiger partial charge < -0.3 is 14.7 Å². The quantitative estimate of drug-likeness (QED) is 0.542. The minimum Gasteiger partial charge on any atom is -0.445 e. The van der Waals surface area contributed by atoms with Crippen LogP contribution in [0.25, 0.3) is 0 Å². The lowest BCUT2D eigenvalue weighted by Gasteiger charge is -2.62. The number of nitrogens with one attached hydrogen (secondary N) is 1. The van der Waals surface area contributed by atoms with Crippen molar-refractivity contribution in [3.8, 4) is 0 Å². The first-order chi connectivity index (χ1) is 17.5. The maximum absolute atomic E-state index is 13.6. The fraction of sp³-hybridized carbons (Fsp3) is 0.833. The summed E-state index contributed by atoms with van der Waals surface area (Å²) in [7, 11) is 0. The van der Waals surface area contributed by atoms with Crippen LogP contribution in [-0.2, 0) is 14.3 Å². The van der Waals surface area contributed by atoms with Gasteiger partial charge in [-0.2, -0.15) is 0 Å². The maximum Gasteiger partial charge on any atom is 0.414 e. The van der Waals surface area contributed by atoms with E-state index in [1.54, 1.807) is 0 Å². The first kappa shape index (κ1) is 26.9. The Labute approximate surface area is 221 Å². The van der Waals surface area contributed by atoms with Crippen LogP contribution in [-0.4, -0.2) is 59.6 Å². The van der Waals surface area contributed by atoms with Gasteiger partial charge in [0.05, 0.1) is 12.0 Å². The minimum atomic E-state index is -0.709. The number of ketones is 1. The Hall–Kier alpha value is -1.73. The van der Waals surface area contributed by atoms with Crippen LogP contribution in [0.3, 0.4) is 0 Å². The SMILES string of the molecule is CC=CC[C@]1(C)C[C@@H](OC(=O)NC(=O)[C@H]2CN3CC[C@@H]2C3)[C@@]2(C)C3C(=O)CCC3(CC[C@H]2C)[C@@H](C)[C@@H]1O. The lowest BCUT2D eigenvalue weighted by Crippen LogP contribution is -2.63. The van der Waals surface area contributed by atoms with Crippen molar-refractivity contribution < 1.29 is 24.2 Å². The van der Waals surface area contributed by atoms with Crippen molar-refractivity contribution in [1.29, 1.82) is 0 Å². The van der Waals surface area contributed by atoms with E-state index in [-0.39, 0.29) is 40.8 Å². The molecule has 0 radical (unpaired) electrons. The van der Waals surface area contributed by atoms with E-state index in [4.69, 9.17) is 4.74 Å². The van der Waals surface area contributed by atoms with E-state index in [0.717, 1.165) is 38.8 Å². The number of rotatable bonds is 4. The molecule has 2 saturated heterocycles. The van der Waals surface area contributed by atoms with E-state index in [2.05, 4.69) is 44.0 Å². The van der Waals surface area contributed by atoms with Crippen LogP contribution in [0.2, 0.25) is 0 Å². The first-order valence-corrected chi connectivity index (χ1v) is 14.5. The second kappa shape index (κ2) is 9.48. The summed E-state index contributed by atoms with van der Waals surface area (Å²) in [6, 6.07) is 0. The Morgan fingerprint density at radius 2 is 1.95 bits per heavy atom. The summed E-state index contributed by atoms with van der Waals surface area (Å²) in [4.78, 5) is 42.2. The van der Waals surface area contributed by atoms with Gasteiger partial charge in [-0.25, -0.2) is 4.79 Å². The van der Waals surface area contributed by atoms with Gasteiger partial charge in [-0.05, 0) is 75.2 Å². The number of amides is 2. The highest BCUT2D eigenvalue weighted by molar-refractivity contribution is 5.93. The number of alkyl carbamates (subject to hydrolysis) is 1. The fourth-order valence-electron chi connectivity index (χ4n) is 9.38. The number of allylic oxidation sites excluding steroid dienone is 2. The largest absolute Gasteiger partial charge is 0.445 e. The number of aliphatic hydroxyl groups is 1. The molecule has 5 rings (SSSR count). The Morgan fingerprint density at radius 3 is 2.59 bits per heavy atom. The number of aliphatic hydroxyl groups excluding tert-OH is 1. The van der Waals surface area contributed by atoms with E-state index in [1.807, 2.05) is 13.0 Å². The number of hydrogen-bond acceptors (Lipinski definition) is 6. The first-order valence-electron chi connectivity index (χ1n) is 14.5. The van der Waals surface area contributed by atoms with Gasteiger partial charge in [-0.3, -0.25) is 14.9 Å². The smallest absolute Gasteiger partial charge is 0.414 e. The molecule has 0 aromatic rings. The van der Waals surface area contributed by atoms with E-state index in [9.17, 15) is 19.5 Å². The van der Waals surface area contributed by atoms with Gasteiger partial charge in [0.25, 0.3) is 0 Å². The highest BCUT2D eigenvalue weighted by Gasteiger charge is 2.68. The molecule has 5 fully saturated rings. The van der Waals surface area contributed by atoms with Crippen molar-refractivity contribution in [3.63, 3.8) is 0 Å². The van der Waals surface area contributed by atoms with Gasteiger partial charge in [-0.1, -0.05) is 39.8 Å². The van der Waals surface area contributed by atoms with Crippen molar-refractivity contribution in [1.82, 2.24) is 10.2 Å². The zero-order valence-electron chi connectivity index (χ0n) is 23.3. The van der Waals surface area contributed by atoms with Crippen LogP contribution < -0.4 is 5.32 Å². The van der Waals surface area contributed by atoms with Gasteiger partial charge in [0, 0.05) is 36.3 Å². The normalized spacial score (nSPS) is 49.0. The van der Waals surface area contributed by atoms with Gasteiger partial charge in [0.15, 0.2) is 0 Å². The Balaban J connectivity index is 1.47. The maximum atomic E-state index is 13.6. The second-order valence-electron chi connectivity index (χ2n) is 13.6. The molecule has 2 aliphatic heterocycles. The molecule has 7 heteroatoms. The highest BCUT2D eigenvalue weighted by Crippen LogP contribution is 2.68. The molecule has 3 aliphatic carbocycles. The number of nitrogens with zero attached hydrogens (tertiary/aromatic N) is 1. The third-order valence-corrected chi connectivity index (χ3v) is 11.9. The van der Waals surface area contributed by atoms with Crippen molar-refractivity contribution in [2.45, 2.75) is 91.8 Å². The summed E-state index contributed by atoms with van der Waals surface area (Å²) >= 11 is 0. The third-order valence-electron chi connectivity index (χ3n) is 11.9. The summed E-state index contributed by atoms with van der Waals surface area (Å²) in [5.74, 6) is 0.0134. The number of piperidine rings is 1. The number of Topliss-reactive ketones (excluding diaryl/α,β-unsaturated/α-hetero) is 1. The van der Waals surface area contributed by atoms with Crippen LogP contribution in [0.4, 0.5) is 4.79 Å². The predicted octanol–water partition coefficient (Wildman–Crippen LogP) is 4.33. The van der Waals surface area contributed by atoms with Crippen LogP contribution in [0, 0.1) is 45.8 Å². The van der Waals surface area contributed by atoms with E-state index < -0.39 is 29.1 Å². The molecule has 206 valence electrons. The molecule has 7 nitrogen and oxygen atoms in total. The zero-order valence-corrected chi connectivity index (χ0v) is 23.3. The molecule has 3 unspecified atom stereocenters. The number of imide groups is 1. The zero-order chi connectivity index (χ0) is 26.8. The molecule has 0 spiro atoms. The van der Waals surface area contributed by atoms with Gasteiger partial charge >= 0.3 is 6.09 Å². The molecule has 2 N–H and O–H groups in total.